The van der Waals surface area contributed by atoms with Gasteiger partial charge in [0.15, 0.2) is 0 Å². The number of carbonyl (C=O) groups excluding carboxylic acids is 1. The number of fused-ring (bicyclic) bond motifs is 1. The molecular weight excluding hydrogens is 454 g/mol. The van der Waals surface area contributed by atoms with Gasteiger partial charge in [-0.05, 0) is 24.3 Å². The van der Waals surface area contributed by atoms with E-state index in [1.54, 1.807) is 0 Å². The molecule has 1 aliphatic rings. The van der Waals surface area contributed by atoms with E-state index in [1.165, 1.54) is 45.9 Å². The lowest BCUT2D eigenvalue weighted by molar-refractivity contribution is 0.0699. The molecule has 0 unspecified atom stereocenters. The predicted molar refractivity (Wildman–Crippen MR) is 111 cm³/mol. The SMILES string of the molecule is O=C(c1cc(F)cc2nccnc12)N1CCN(S(=O)(=O)c2ccc(Cl)c(Cl)c2)CC1. The van der Waals surface area contributed by atoms with Crippen LogP contribution in [0.4, 0.5) is 4.39 Å². The van der Waals surface area contributed by atoms with E-state index >= 15 is 0 Å². The molecule has 156 valence electrons. The Morgan fingerprint density at radius 2 is 1.67 bits per heavy atom. The summed E-state index contributed by atoms with van der Waals surface area (Å²) < 4.78 is 41.0. The highest BCUT2D eigenvalue weighted by Crippen LogP contribution is 2.27. The molecule has 1 aliphatic heterocycles. The predicted octanol–water partition coefficient (Wildman–Crippen LogP) is 3.22. The summed E-state index contributed by atoms with van der Waals surface area (Å²) in [6.45, 7) is 0.482. The van der Waals surface area contributed by atoms with Crippen molar-refractivity contribution in [3.63, 3.8) is 0 Å². The van der Waals surface area contributed by atoms with Gasteiger partial charge in [0, 0.05) is 44.6 Å². The van der Waals surface area contributed by atoms with Gasteiger partial charge in [0.25, 0.3) is 5.91 Å². The molecule has 4 rings (SSSR count). The van der Waals surface area contributed by atoms with Gasteiger partial charge in [-0.1, -0.05) is 23.2 Å². The quantitative estimate of drug-likeness (QED) is 0.589. The first-order valence-electron chi connectivity index (χ1n) is 8.92. The molecule has 0 bridgehead atoms. The van der Waals surface area contributed by atoms with Gasteiger partial charge in [0.05, 0.1) is 26.0 Å². The van der Waals surface area contributed by atoms with Crippen LogP contribution in [0.15, 0.2) is 47.6 Å². The molecule has 0 atom stereocenters. The number of hydrogen-bond acceptors (Lipinski definition) is 5. The second kappa shape index (κ2) is 8.07. The third-order valence-corrected chi connectivity index (χ3v) is 7.46. The number of piperazine rings is 1. The lowest BCUT2D eigenvalue weighted by Crippen LogP contribution is -2.50. The van der Waals surface area contributed by atoms with Crippen molar-refractivity contribution >= 4 is 50.2 Å². The lowest BCUT2D eigenvalue weighted by atomic mass is 10.1. The number of carbonyl (C=O) groups is 1. The number of amides is 1. The Kier molecular flexibility index (Phi) is 5.63. The molecule has 0 aliphatic carbocycles. The molecule has 1 aromatic heterocycles. The summed E-state index contributed by atoms with van der Waals surface area (Å²) in [5.74, 6) is -1.02. The van der Waals surface area contributed by atoms with Crippen LogP contribution in [0.1, 0.15) is 10.4 Å². The average molecular weight is 469 g/mol. The third kappa shape index (κ3) is 3.85. The zero-order valence-electron chi connectivity index (χ0n) is 15.4. The molecule has 0 radical (unpaired) electrons. The van der Waals surface area contributed by atoms with Crippen LogP contribution in [0.3, 0.4) is 0 Å². The number of hydrogen-bond donors (Lipinski definition) is 0. The second-order valence-corrected chi connectivity index (χ2v) is 9.40. The summed E-state index contributed by atoms with van der Waals surface area (Å²) in [5, 5.41) is 0.405. The van der Waals surface area contributed by atoms with Gasteiger partial charge in [-0.15, -0.1) is 0 Å². The van der Waals surface area contributed by atoms with Crippen molar-refractivity contribution < 1.29 is 17.6 Å². The molecule has 0 saturated carbocycles. The van der Waals surface area contributed by atoms with Gasteiger partial charge in [0.1, 0.15) is 11.3 Å². The first-order chi connectivity index (χ1) is 14.3. The van der Waals surface area contributed by atoms with Crippen LogP contribution in [0.5, 0.6) is 0 Å². The van der Waals surface area contributed by atoms with Gasteiger partial charge >= 0.3 is 0 Å². The van der Waals surface area contributed by atoms with Gasteiger partial charge in [-0.25, -0.2) is 12.8 Å². The van der Waals surface area contributed by atoms with E-state index in [0.29, 0.717) is 5.52 Å². The van der Waals surface area contributed by atoms with Crippen molar-refractivity contribution in [3.05, 3.63) is 64.2 Å². The molecular formula is C19H15Cl2FN4O3S. The summed E-state index contributed by atoms with van der Waals surface area (Å²) >= 11 is 11.8. The van der Waals surface area contributed by atoms with E-state index in [-0.39, 0.29) is 52.2 Å². The Labute approximate surface area is 182 Å². The number of nitrogens with zero attached hydrogens (tertiary/aromatic N) is 4. The molecule has 1 amide bonds. The number of halogens is 3. The summed E-state index contributed by atoms with van der Waals surface area (Å²) in [6, 6.07) is 6.44. The molecule has 0 spiro atoms. The topological polar surface area (TPSA) is 83.5 Å². The maximum absolute atomic E-state index is 13.9. The molecule has 2 aromatic carbocycles. The van der Waals surface area contributed by atoms with E-state index in [9.17, 15) is 17.6 Å². The van der Waals surface area contributed by atoms with Crippen molar-refractivity contribution in [2.45, 2.75) is 4.90 Å². The van der Waals surface area contributed by atoms with Gasteiger partial charge in [0.2, 0.25) is 10.0 Å². The average Bonchev–Trinajstić information content (AvgIpc) is 2.74. The molecule has 2 heterocycles. The van der Waals surface area contributed by atoms with Crippen LogP contribution in [0, 0.1) is 5.82 Å². The van der Waals surface area contributed by atoms with Crippen LogP contribution in [0.25, 0.3) is 11.0 Å². The van der Waals surface area contributed by atoms with Crippen LogP contribution in [-0.4, -0.2) is 59.7 Å². The number of rotatable bonds is 3. The summed E-state index contributed by atoms with van der Waals surface area (Å²) in [4.78, 5) is 22.7. The fraction of sp³-hybridized carbons (Fsp3) is 0.211. The van der Waals surface area contributed by atoms with E-state index in [2.05, 4.69) is 9.97 Å². The fourth-order valence-corrected chi connectivity index (χ4v) is 5.10. The monoisotopic (exact) mass is 468 g/mol. The molecule has 3 aromatic rings. The largest absolute Gasteiger partial charge is 0.336 e. The van der Waals surface area contributed by atoms with E-state index in [4.69, 9.17) is 23.2 Å². The Bertz CT molecular complexity index is 1250. The molecule has 11 heteroatoms. The van der Waals surface area contributed by atoms with Gasteiger partial charge in [-0.2, -0.15) is 4.31 Å². The Balaban J connectivity index is 1.54. The van der Waals surface area contributed by atoms with E-state index in [0.717, 1.165) is 6.07 Å². The third-order valence-electron chi connectivity index (χ3n) is 4.82. The lowest BCUT2D eigenvalue weighted by Gasteiger charge is -2.34. The minimum absolute atomic E-state index is 0.0306. The van der Waals surface area contributed by atoms with Crippen molar-refractivity contribution in [1.82, 2.24) is 19.2 Å². The number of aromatic nitrogens is 2. The van der Waals surface area contributed by atoms with Crippen LogP contribution in [-0.2, 0) is 10.0 Å². The van der Waals surface area contributed by atoms with Crippen LogP contribution < -0.4 is 0 Å². The highest BCUT2D eigenvalue weighted by Gasteiger charge is 2.31. The van der Waals surface area contributed by atoms with Crippen molar-refractivity contribution in [2.24, 2.45) is 0 Å². The zero-order valence-corrected chi connectivity index (χ0v) is 17.8. The van der Waals surface area contributed by atoms with E-state index < -0.39 is 21.7 Å². The van der Waals surface area contributed by atoms with Gasteiger partial charge in [-0.3, -0.25) is 14.8 Å². The standard InChI is InChI=1S/C19H15Cl2FN4O3S/c20-15-2-1-13(11-16(15)21)30(28,29)26-7-5-25(6-8-26)19(27)14-9-12(22)10-17-18(14)24-4-3-23-17/h1-4,9-11H,5-8H2. The minimum Gasteiger partial charge on any atom is -0.336 e. The first-order valence-corrected chi connectivity index (χ1v) is 11.1. The number of benzene rings is 2. The Morgan fingerprint density at radius 3 is 2.37 bits per heavy atom. The first kappa shape index (κ1) is 20.9. The molecule has 7 nitrogen and oxygen atoms in total. The molecule has 1 fully saturated rings. The minimum atomic E-state index is -3.79. The summed E-state index contributed by atoms with van der Waals surface area (Å²) in [7, 11) is -3.79. The molecule has 30 heavy (non-hydrogen) atoms. The fourth-order valence-electron chi connectivity index (χ4n) is 3.29. The van der Waals surface area contributed by atoms with Crippen molar-refractivity contribution in [1.29, 1.82) is 0 Å². The van der Waals surface area contributed by atoms with Crippen LogP contribution >= 0.6 is 23.2 Å². The smallest absolute Gasteiger partial charge is 0.256 e. The van der Waals surface area contributed by atoms with Gasteiger partial charge < -0.3 is 4.90 Å². The second-order valence-electron chi connectivity index (χ2n) is 6.65. The highest BCUT2D eigenvalue weighted by molar-refractivity contribution is 7.89. The van der Waals surface area contributed by atoms with Crippen molar-refractivity contribution in [3.8, 4) is 0 Å². The maximum Gasteiger partial charge on any atom is 0.256 e. The Morgan fingerprint density at radius 1 is 0.967 bits per heavy atom. The number of sulfonamides is 1. The molecule has 1 saturated heterocycles. The normalized spacial score (nSPS) is 15.5. The Hall–Kier alpha value is -2.33. The molecule has 0 N–H and O–H groups in total. The summed E-state index contributed by atoms with van der Waals surface area (Å²) in [6.07, 6.45) is 2.85. The highest BCUT2D eigenvalue weighted by atomic mass is 35.5. The summed E-state index contributed by atoms with van der Waals surface area (Å²) in [5.41, 5.74) is 0.676. The van der Waals surface area contributed by atoms with Crippen LogP contribution in [0.2, 0.25) is 10.0 Å². The maximum atomic E-state index is 13.9. The zero-order chi connectivity index (χ0) is 21.5. The van der Waals surface area contributed by atoms with E-state index in [1.807, 2.05) is 0 Å². The van der Waals surface area contributed by atoms with Crippen molar-refractivity contribution in [2.75, 3.05) is 26.2 Å².